The average Bonchev–Trinajstić information content (AvgIpc) is 2.25. The van der Waals surface area contributed by atoms with Crippen molar-refractivity contribution in [3.05, 3.63) is 27.4 Å². The molecule has 0 aliphatic carbocycles. The Kier molecular flexibility index (Phi) is 4.98. The van der Waals surface area contributed by atoms with Crippen LogP contribution < -0.4 is 0 Å². The van der Waals surface area contributed by atoms with E-state index in [0.29, 0.717) is 10.8 Å². The number of nitrogens with zero attached hydrogens (tertiary/aromatic N) is 2. The van der Waals surface area contributed by atoms with E-state index >= 15 is 0 Å². The maximum atomic E-state index is 10.6. The average molecular weight is 263 g/mol. The monoisotopic (exact) mass is 262 g/mol. The van der Waals surface area contributed by atoms with Crippen LogP contribution in [0.25, 0.3) is 0 Å². The van der Waals surface area contributed by atoms with Gasteiger partial charge in [0, 0.05) is 18.4 Å². The number of aliphatic hydroxyl groups is 1. The van der Waals surface area contributed by atoms with Crippen LogP contribution in [0.3, 0.4) is 0 Å². The molecule has 0 amide bonds. The van der Waals surface area contributed by atoms with Gasteiger partial charge in [0.05, 0.1) is 11.0 Å². The van der Waals surface area contributed by atoms with Gasteiger partial charge in [-0.15, -0.1) is 11.8 Å². The van der Waals surface area contributed by atoms with Crippen LogP contribution in [0.15, 0.2) is 17.2 Å². The smallest absolute Gasteiger partial charge is 0.275 e. The van der Waals surface area contributed by atoms with E-state index in [4.69, 9.17) is 16.7 Å². The number of pyridine rings is 1. The fraction of sp³-hybridized carbons (Fsp3) is 0.444. The van der Waals surface area contributed by atoms with Crippen LogP contribution in [-0.2, 0) is 0 Å². The SMILES string of the molecule is CC(CO)CSc1cc([N+](=O)[O-])cc(Cl)n1. The van der Waals surface area contributed by atoms with E-state index < -0.39 is 4.92 Å². The van der Waals surface area contributed by atoms with Gasteiger partial charge in [0.1, 0.15) is 10.2 Å². The Hall–Kier alpha value is -0.850. The van der Waals surface area contributed by atoms with Crippen molar-refractivity contribution in [1.82, 2.24) is 4.98 Å². The van der Waals surface area contributed by atoms with Crippen molar-refractivity contribution in [2.24, 2.45) is 5.92 Å². The highest BCUT2D eigenvalue weighted by molar-refractivity contribution is 7.99. The summed E-state index contributed by atoms with van der Waals surface area (Å²) >= 11 is 7.00. The Labute approximate surface area is 102 Å². The summed E-state index contributed by atoms with van der Waals surface area (Å²) in [6, 6.07) is 2.59. The molecule has 5 nitrogen and oxygen atoms in total. The normalized spacial score (nSPS) is 12.4. The minimum atomic E-state index is -0.507. The summed E-state index contributed by atoms with van der Waals surface area (Å²) in [6.07, 6.45) is 0. The molecule has 0 saturated carbocycles. The first-order valence-electron chi connectivity index (χ1n) is 4.58. The number of thioether (sulfide) groups is 1. The van der Waals surface area contributed by atoms with E-state index in [1.807, 2.05) is 6.92 Å². The van der Waals surface area contributed by atoms with Crippen LogP contribution in [0.2, 0.25) is 5.15 Å². The Morgan fingerprint density at radius 2 is 2.38 bits per heavy atom. The number of hydrogen-bond donors (Lipinski definition) is 1. The van der Waals surface area contributed by atoms with E-state index in [2.05, 4.69) is 4.98 Å². The second kappa shape index (κ2) is 6.03. The van der Waals surface area contributed by atoms with Crippen molar-refractivity contribution < 1.29 is 10.0 Å². The number of rotatable bonds is 5. The van der Waals surface area contributed by atoms with Gasteiger partial charge < -0.3 is 5.11 Å². The third kappa shape index (κ3) is 3.96. The molecular formula is C9H11ClN2O3S. The van der Waals surface area contributed by atoms with Crippen LogP contribution in [0.1, 0.15) is 6.92 Å². The van der Waals surface area contributed by atoms with Gasteiger partial charge >= 0.3 is 0 Å². The van der Waals surface area contributed by atoms with E-state index in [1.165, 1.54) is 23.9 Å². The van der Waals surface area contributed by atoms with Crippen molar-refractivity contribution >= 4 is 29.1 Å². The summed E-state index contributed by atoms with van der Waals surface area (Å²) in [6.45, 7) is 1.96. The highest BCUT2D eigenvalue weighted by Crippen LogP contribution is 2.25. The number of hydrogen-bond acceptors (Lipinski definition) is 5. The second-order valence-corrected chi connectivity index (χ2v) is 4.77. The lowest BCUT2D eigenvalue weighted by molar-refractivity contribution is -0.385. The summed E-state index contributed by atoms with van der Waals surface area (Å²) in [5.41, 5.74) is -0.0702. The molecule has 0 aliphatic heterocycles. The summed E-state index contributed by atoms with van der Waals surface area (Å²) in [5, 5.41) is 20.0. The molecule has 0 spiro atoms. The molecule has 0 aromatic carbocycles. The number of nitro groups is 1. The topological polar surface area (TPSA) is 76.3 Å². The Morgan fingerprint density at radius 3 is 2.94 bits per heavy atom. The molecular weight excluding hydrogens is 252 g/mol. The minimum absolute atomic E-state index is 0.0702. The molecule has 88 valence electrons. The predicted molar refractivity (Wildman–Crippen MR) is 62.9 cm³/mol. The lowest BCUT2D eigenvalue weighted by Crippen LogP contribution is -2.03. The Morgan fingerprint density at radius 1 is 1.69 bits per heavy atom. The summed E-state index contributed by atoms with van der Waals surface area (Å²) in [5.74, 6) is 0.755. The fourth-order valence-corrected chi connectivity index (χ4v) is 2.10. The number of aromatic nitrogens is 1. The zero-order valence-corrected chi connectivity index (χ0v) is 10.2. The van der Waals surface area contributed by atoms with Gasteiger partial charge in [-0.1, -0.05) is 18.5 Å². The first-order valence-corrected chi connectivity index (χ1v) is 5.95. The quantitative estimate of drug-likeness (QED) is 0.382. The van der Waals surface area contributed by atoms with E-state index in [0.717, 1.165) is 0 Å². The Bertz CT molecular complexity index is 389. The van der Waals surface area contributed by atoms with Crippen LogP contribution in [0, 0.1) is 16.0 Å². The highest BCUT2D eigenvalue weighted by atomic mass is 35.5. The molecule has 1 rings (SSSR count). The summed E-state index contributed by atoms with van der Waals surface area (Å²) in [7, 11) is 0. The maximum Gasteiger partial charge on any atom is 0.275 e. The van der Waals surface area contributed by atoms with Gasteiger partial charge in [0.2, 0.25) is 0 Å². The molecule has 0 aliphatic rings. The van der Waals surface area contributed by atoms with Gasteiger partial charge in [-0.3, -0.25) is 10.1 Å². The number of aliphatic hydroxyl groups excluding tert-OH is 1. The Balaban J connectivity index is 2.76. The first kappa shape index (κ1) is 13.2. The molecule has 16 heavy (non-hydrogen) atoms. The van der Waals surface area contributed by atoms with Crippen LogP contribution in [0.5, 0.6) is 0 Å². The lowest BCUT2D eigenvalue weighted by atomic mass is 10.2. The second-order valence-electron chi connectivity index (χ2n) is 3.34. The van der Waals surface area contributed by atoms with Gasteiger partial charge in [-0.05, 0) is 5.92 Å². The molecule has 1 aromatic heterocycles. The zero-order chi connectivity index (χ0) is 12.1. The van der Waals surface area contributed by atoms with Crippen molar-refractivity contribution in [2.45, 2.75) is 11.9 Å². The maximum absolute atomic E-state index is 10.6. The van der Waals surface area contributed by atoms with Gasteiger partial charge in [-0.2, -0.15) is 0 Å². The van der Waals surface area contributed by atoms with Gasteiger partial charge in [0.15, 0.2) is 0 Å². The van der Waals surface area contributed by atoms with Crippen LogP contribution in [-0.4, -0.2) is 27.4 Å². The zero-order valence-electron chi connectivity index (χ0n) is 8.59. The minimum Gasteiger partial charge on any atom is -0.396 e. The van der Waals surface area contributed by atoms with Crippen molar-refractivity contribution in [3.8, 4) is 0 Å². The largest absolute Gasteiger partial charge is 0.396 e. The molecule has 0 saturated heterocycles. The lowest BCUT2D eigenvalue weighted by Gasteiger charge is -2.06. The van der Waals surface area contributed by atoms with Crippen molar-refractivity contribution in [1.29, 1.82) is 0 Å². The molecule has 1 N–H and O–H groups in total. The van der Waals surface area contributed by atoms with E-state index in [1.54, 1.807) is 0 Å². The molecule has 0 bridgehead atoms. The number of halogens is 1. The van der Waals surface area contributed by atoms with Crippen LogP contribution >= 0.6 is 23.4 Å². The predicted octanol–water partition coefficient (Wildman–Crippen LogP) is 2.36. The molecule has 0 fully saturated rings. The molecule has 0 radical (unpaired) electrons. The van der Waals surface area contributed by atoms with Crippen LogP contribution in [0.4, 0.5) is 5.69 Å². The molecule has 7 heteroatoms. The fourth-order valence-electron chi connectivity index (χ4n) is 0.920. The molecule has 1 aromatic rings. The van der Waals surface area contributed by atoms with E-state index in [-0.39, 0.29) is 23.4 Å². The van der Waals surface area contributed by atoms with Crippen molar-refractivity contribution in [2.75, 3.05) is 12.4 Å². The summed E-state index contributed by atoms with van der Waals surface area (Å²) in [4.78, 5) is 14.0. The van der Waals surface area contributed by atoms with E-state index in [9.17, 15) is 10.1 Å². The standard InChI is InChI=1S/C9H11ClN2O3S/c1-6(4-13)5-16-9-3-7(12(14)15)2-8(10)11-9/h2-3,6,13H,4-5H2,1H3. The molecule has 1 heterocycles. The first-order chi connectivity index (χ1) is 7.52. The molecule has 1 unspecified atom stereocenters. The van der Waals surface area contributed by atoms with Crippen molar-refractivity contribution in [3.63, 3.8) is 0 Å². The van der Waals surface area contributed by atoms with Gasteiger partial charge in [0.25, 0.3) is 5.69 Å². The van der Waals surface area contributed by atoms with Gasteiger partial charge in [-0.25, -0.2) is 4.98 Å². The third-order valence-corrected chi connectivity index (χ3v) is 3.23. The third-order valence-electron chi connectivity index (χ3n) is 1.79. The summed E-state index contributed by atoms with van der Waals surface area (Å²) < 4.78 is 0. The molecule has 1 atom stereocenters. The highest BCUT2D eigenvalue weighted by Gasteiger charge is 2.11.